The standard InChI is InChI=1S/C12H14F3NO/c1-17-10-6-8(11(7-16)4-5-11)2-3-9(10)12(13,14)15/h2-3,6H,4-5,7,16H2,1H3. The molecule has 94 valence electrons. The molecule has 0 atom stereocenters. The fourth-order valence-electron chi connectivity index (χ4n) is 2.02. The number of rotatable bonds is 3. The van der Waals surface area contributed by atoms with Crippen LogP contribution in [0.1, 0.15) is 24.0 Å². The van der Waals surface area contributed by atoms with Gasteiger partial charge < -0.3 is 10.5 Å². The normalized spacial score (nSPS) is 17.9. The lowest BCUT2D eigenvalue weighted by Crippen LogP contribution is -2.20. The number of methoxy groups -OCH3 is 1. The second kappa shape index (κ2) is 3.91. The van der Waals surface area contributed by atoms with Gasteiger partial charge in [-0.05, 0) is 30.5 Å². The van der Waals surface area contributed by atoms with E-state index in [4.69, 9.17) is 10.5 Å². The van der Waals surface area contributed by atoms with E-state index in [-0.39, 0.29) is 11.2 Å². The van der Waals surface area contributed by atoms with E-state index in [9.17, 15) is 13.2 Å². The number of benzene rings is 1. The summed E-state index contributed by atoms with van der Waals surface area (Å²) in [4.78, 5) is 0. The van der Waals surface area contributed by atoms with Crippen molar-refractivity contribution < 1.29 is 17.9 Å². The van der Waals surface area contributed by atoms with Gasteiger partial charge in [0, 0.05) is 12.0 Å². The molecule has 0 bridgehead atoms. The summed E-state index contributed by atoms with van der Waals surface area (Å²) in [5.41, 5.74) is 5.62. The molecular formula is C12H14F3NO. The van der Waals surface area contributed by atoms with Gasteiger partial charge in [-0.25, -0.2) is 0 Å². The van der Waals surface area contributed by atoms with Crippen LogP contribution in [0.4, 0.5) is 13.2 Å². The highest BCUT2D eigenvalue weighted by atomic mass is 19.4. The molecule has 0 heterocycles. The second-order valence-corrected chi connectivity index (χ2v) is 4.40. The van der Waals surface area contributed by atoms with Crippen molar-refractivity contribution >= 4 is 0 Å². The molecule has 0 unspecified atom stereocenters. The lowest BCUT2D eigenvalue weighted by Gasteiger charge is -2.17. The molecule has 0 saturated heterocycles. The molecule has 2 nitrogen and oxygen atoms in total. The maximum atomic E-state index is 12.7. The predicted octanol–water partition coefficient (Wildman–Crippen LogP) is 2.70. The summed E-state index contributed by atoms with van der Waals surface area (Å²) in [6, 6.07) is 4.04. The first kappa shape index (κ1) is 12.2. The molecule has 1 aliphatic carbocycles. The molecule has 1 saturated carbocycles. The summed E-state index contributed by atoms with van der Waals surface area (Å²) in [7, 11) is 1.25. The molecule has 5 heteroatoms. The van der Waals surface area contributed by atoms with Gasteiger partial charge in [0.2, 0.25) is 0 Å². The van der Waals surface area contributed by atoms with Crippen LogP contribution in [0.15, 0.2) is 18.2 Å². The summed E-state index contributed by atoms with van der Waals surface area (Å²) < 4.78 is 42.8. The van der Waals surface area contributed by atoms with Crippen LogP contribution in [0.3, 0.4) is 0 Å². The van der Waals surface area contributed by atoms with Crippen molar-refractivity contribution in [1.29, 1.82) is 0 Å². The summed E-state index contributed by atoms with van der Waals surface area (Å²) in [5, 5.41) is 0. The quantitative estimate of drug-likeness (QED) is 0.888. The minimum atomic E-state index is -4.39. The summed E-state index contributed by atoms with van der Waals surface area (Å²) >= 11 is 0. The number of hydrogen-bond donors (Lipinski definition) is 1. The molecule has 2 N–H and O–H groups in total. The maximum absolute atomic E-state index is 12.7. The van der Waals surface area contributed by atoms with Crippen LogP contribution < -0.4 is 10.5 Å². The summed E-state index contributed by atoms with van der Waals surface area (Å²) in [6.07, 6.45) is -2.53. The predicted molar refractivity (Wildman–Crippen MR) is 58.0 cm³/mol. The molecule has 1 aromatic rings. The molecular weight excluding hydrogens is 231 g/mol. The highest BCUT2D eigenvalue weighted by Crippen LogP contribution is 2.49. The molecule has 2 rings (SSSR count). The molecule has 17 heavy (non-hydrogen) atoms. The molecule has 1 fully saturated rings. The molecule has 0 aromatic heterocycles. The van der Waals surface area contributed by atoms with Crippen molar-refractivity contribution in [2.75, 3.05) is 13.7 Å². The van der Waals surface area contributed by atoms with Crippen LogP contribution >= 0.6 is 0 Å². The average molecular weight is 245 g/mol. The topological polar surface area (TPSA) is 35.2 Å². The third kappa shape index (κ3) is 2.11. The number of hydrogen-bond acceptors (Lipinski definition) is 2. The smallest absolute Gasteiger partial charge is 0.419 e. The van der Waals surface area contributed by atoms with E-state index in [2.05, 4.69) is 0 Å². The van der Waals surface area contributed by atoms with Crippen LogP contribution in [-0.4, -0.2) is 13.7 Å². The van der Waals surface area contributed by atoms with Gasteiger partial charge in [0.1, 0.15) is 5.75 Å². The van der Waals surface area contributed by atoms with E-state index in [1.54, 1.807) is 0 Å². The van der Waals surface area contributed by atoms with E-state index in [0.717, 1.165) is 24.5 Å². The Hall–Kier alpha value is -1.23. The van der Waals surface area contributed by atoms with Crippen LogP contribution in [0.2, 0.25) is 0 Å². The fourth-order valence-corrected chi connectivity index (χ4v) is 2.02. The van der Waals surface area contributed by atoms with E-state index in [1.165, 1.54) is 19.2 Å². The van der Waals surface area contributed by atoms with E-state index >= 15 is 0 Å². The SMILES string of the molecule is COc1cc(C2(CN)CC2)ccc1C(F)(F)F. The van der Waals surface area contributed by atoms with Gasteiger partial charge in [-0.3, -0.25) is 0 Å². The van der Waals surface area contributed by atoms with Gasteiger partial charge >= 0.3 is 6.18 Å². The molecule has 0 aliphatic heterocycles. The molecule has 1 aliphatic rings. The largest absolute Gasteiger partial charge is 0.496 e. The Morgan fingerprint density at radius 2 is 2.00 bits per heavy atom. The van der Waals surface area contributed by atoms with Crippen molar-refractivity contribution in [3.8, 4) is 5.75 Å². The van der Waals surface area contributed by atoms with E-state index in [1.807, 2.05) is 0 Å². The highest BCUT2D eigenvalue weighted by Gasteiger charge is 2.44. The summed E-state index contributed by atoms with van der Waals surface area (Å²) in [6.45, 7) is 0.460. The third-order valence-corrected chi connectivity index (χ3v) is 3.36. The van der Waals surface area contributed by atoms with Gasteiger partial charge in [0.05, 0.1) is 12.7 Å². The molecule has 1 aromatic carbocycles. The van der Waals surface area contributed by atoms with Gasteiger partial charge in [-0.2, -0.15) is 13.2 Å². The van der Waals surface area contributed by atoms with Crippen LogP contribution in [-0.2, 0) is 11.6 Å². The summed E-state index contributed by atoms with van der Waals surface area (Å²) in [5.74, 6) is -0.130. The fraction of sp³-hybridized carbons (Fsp3) is 0.500. The Morgan fingerprint density at radius 1 is 1.35 bits per heavy atom. The van der Waals surface area contributed by atoms with Crippen molar-refractivity contribution in [1.82, 2.24) is 0 Å². The Morgan fingerprint density at radius 3 is 2.41 bits per heavy atom. The van der Waals surface area contributed by atoms with Gasteiger partial charge in [-0.1, -0.05) is 6.07 Å². The monoisotopic (exact) mass is 245 g/mol. The third-order valence-electron chi connectivity index (χ3n) is 3.36. The lowest BCUT2D eigenvalue weighted by molar-refractivity contribution is -0.138. The minimum absolute atomic E-state index is 0.128. The second-order valence-electron chi connectivity index (χ2n) is 4.40. The van der Waals surface area contributed by atoms with E-state index < -0.39 is 11.7 Å². The van der Waals surface area contributed by atoms with Crippen molar-refractivity contribution in [3.05, 3.63) is 29.3 Å². The molecule has 0 amide bonds. The first-order chi connectivity index (χ1) is 7.93. The average Bonchev–Trinajstić information content (AvgIpc) is 3.08. The first-order valence-electron chi connectivity index (χ1n) is 5.39. The van der Waals surface area contributed by atoms with Crippen molar-refractivity contribution in [2.45, 2.75) is 24.4 Å². The zero-order chi connectivity index (χ0) is 12.7. The van der Waals surface area contributed by atoms with Crippen LogP contribution in [0, 0.1) is 0 Å². The van der Waals surface area contributed by atoms with Crippen molar-refractivity contribution in [2.24, 2.45) is 5.73 Å². The number of alkyl halides is 3. The zero-order valence-electron chi connectivity index (χ0n) is 9.47. The van der Waals surface area contributed by atoms with Crippen LogP contribution in [0.25, 0.3) is 0 Å². The Balaban J connectivity index is 2.42. The van der Waals surface area contributed by atoms with Gasteiger partial charge in [-0.15, -0.1) is 0 Å². The Kier molecular flexibility index (Phi) is 2.81. The molecule has 0 radical (unpaired) electrons. The lowest BCUT2D eigenvalue weighted by atomic mass is 9.94. The zero-order valence-corrected chi connectivity index (χ0v) is 9.47. The Labute approximate surface area is 97.6 Å². The van der Waals surface area contributed by atoms with E-state index in [0.29, 0.717) is 6.54 Å². The van der Waals surface area contributed by atoms with Gasteiger partial charge in [0.15, 0.2) is 0 Å². The number of ether oxygens (including phenoxy) is 1. The minimum Gasteiger partial charge on any atom is -0.496 e. The Bertz CT molecular complexity index is 424. The maximum Gasteiger partial charge on any atom is 0.419 e. The van der Waals surface area contributed by atoms with Crippen LogP contribution in [0.5, 0.6) is 5.75 Å². The number of halogens is 3. The highest BCUT2D eigenvalue weighted by molar-refractivity contribution is 5.44. The van der Waals surface area contributed by atoms with Gasteiger partial charge in [0.25, 0.3) is 0 Å². The number of nitrogens with two attached hydrogens (primary N) is 1. The molecule has 0 spiro atoms. The first-order valence-corrected chi connectivity index (χ1v) is 5.39. The van der Waals surface area contributed by atoms with Crippen molar-refractivity contribution in [3.63, 3.8) is 0 Å².